The minimum Gasteiger partial charge on any atom is -0.272 e. The summed E-state index contributed by atoms with van der Waals surface area (Å²) in [6, 6.07) is 30.3. The van der Waals surface area contributed by atoms with E-state index in [1.807, 2.05) is 78.3 Å². The van der Waals surface area contributed by atoms with Crippen molar-refractivity contribution in [3.63, 3.8) is 0 Å². The van der Waals surface area contributed by atoms with Crippen molar-refractivity contribution in [1.29, 1.82) is 0 Å². The lowest BCUT2D eigenvalue weighted by Crippen LogP contribution is -2.41. The van der Waals surface area contributed by atoms with E-state index in [0.29, 0.717) is 0 Å². The monoisotopic (exact) mass is 526 g/mol. The molecule has 0 N–H and O–H groups in total. The fourth-order valence-corrected chi connectivity index (χ4v) is 7.43. The molecule has 6 nitrogen and oxygen atoms in total. The number of hydrogen-bond acceptors (Lipinski definition) is 5. The molecule has 1 saturated heterocycles. The van der Waals surface area contributed by atoms with Gasteiger partial charge < -0.3 is 0 Å². The van der Waals surface area contributed by atoms with Crippen LogP contribution in [-0.2, 0) is 9.59 Å². The molecule has 39 heavy (non-hydrogen) atoms. The molecule has 1 aliphatic heterocycles. The average Bonchev–Trinajstić information content (AvgIpc) is 3.72. The van der Waals surface area contributed by atoms with Crippen LogP contribution in [0.4, 0.5) is 0 Å². The first kappa shape index (κ1) is 22.4. The molecule has 0 radical (unpaired) electrons. The summed E-state index contributed by atoms with van der Waals surface area (Å²) in [5.41, 5.74) is 7.02. The van der Waals surface area contributed by atoms with E-state index in [0.717, 1.165) is 49.1 Å². The Labute approximate surface area is 228 Å². The van der Waals surface area contributed by atoms with E-state index in [9.17, 15) is 9.59 Å². The van der Waals surface area contributed by atoms with Crippen LogP contribution in [0.5, 0.6) is 0 Å². The van der Waals surface area contributed by atoms with Crippen LogP contribution < -0.4 is 0 Å². The highest BCUT2D eigenvalue weighted by Gasteiger charge is 2.61. The van der Waals surface area contributed by atoms with Gasteiger partial charge in [0.25, 0.3) is 11.8 Å². The number of nitrogens with zero attached hydrogens (tertiary/aromatic N) is 4. The molecule has 3 heterocycles. The highest BCUT2D eigenvalue weighted by atomic mass is 32.1. The van der Waals surface area contributed by atoms with Gasteiger partial charge in [-0.1, -0.05) is 72.8 Å². The average molecular weight is 527 g/mol. The van der Waals surface area contributed by atoms with Gasteiger partial charge in [0.05, 0.1) is 28.6 Å². The SMILES string of the molecule is O=C1[C@H]2C3c4ccccc4C(c4ccccc43)[C@@H]2C(=O)N1/N=C\c1cn(-c2ccccc2)nc1-c1cccs1. The number of thiophene rings is 1. The number of benzene rings is 3. The zero-order chi connectivity index (χ0) is 26.1. The lowest BCUT2D eigenvalue weighted by atomic mass is 9.55. The van der Waals surface area contributed by atoms with Crippen LogP contribution in [0.1, 0.15) is 39.7 Å². The largest absolute Gasteiger partial charge is 0.272 e. The molecule has 0 spiro atoms. The lowest BCUT2D eigenvalue weighted by molar-refractivity contribution is -0.139. The van der Waals surface area contributed by atoms with E-state index in [2.05, 4.69) is 29.4 Å². The topological polar surface area (TPSA) is 67.6 Å². The Balaban J connectivity index is 1.20. The highest BCUT2D eigenvalue weighted by molar-refractivity contribution is 7.13. The quantitative estimate of drug-likeness (QED) is 0.219. The number of hydrogen-bond donors (Lipinski definition) is 0. The van der Waals surface area contributed by atoms with Crippen molar-refractivity contribution >= 4 is 29.4 Å². The summed E-state index contributed by atoms with van der Waals surface area (Å²) in [7, 11) is 0. The van der Waals surface area contributed by atoms with Gasteiger partial charge in [-0.2, -0.15) is 15.2 Å². The molecule has 0 unspecified atom stereocenters. The van der Waals surface area contributed by atoms with E-state index in [4.69, 9.17) is 5.10 Å². The Morgan fingerprint density at radius 1 is 0.718 bits per heavy atom. The van der Waals surface area contributed by atoms with Crippen LogP contribution in [0, 0.1) is 11.8 Å². The third-order valence-electron chi connectivity index (χ3n) is 8.26. The predicted molar refractivity (Wildman–Crippen MR) is 150 cm³/mol. The minimum atomic E-state index is -0.451. The van der Waals surface area contributed by atoms with Gasteiger partial charge in [-0.25, -0.2) is 4.68 Å². The lowest BCUT2D eigenvalue weighted by Gasteiger charge is -2.45. The second kappa shape index (κ2) is 8.44. The maximum Gasteiger partial charge on any atom is 0.254 e. The van der Waals surface area contributed by atoms with Gasteiger partial charge in [-0.3, -0.25) is 9.59 Å². The van der Waals surface area contributed by atoms with E-state index in [-0.39, 0.29) is 23.7 Å². The first-order valence-electron chi connectivity index (χ1n) is 13.0. The summed E-state index contributed by atoms with van der Waals surface area (Å²) < 4.78 is 1.80. The van der Waals surface area contributed by atoms with Gasteiger partial charge in [-0.15, -0.1) is 11.3 Å². The normalized spacial score (nSPS) is 22.8. The zero-order valence-corrected chi connectivity index (χ0v) is 21.5. The van der Waals surface area contributed by atoms with Gasteiger partial charge in [-0.05, 0) is 45.8 Å². The van der Waals surface area contributed by atoms with Crippen LogP contribution in [-0.4, -0.2) is 32.8 Å². The first-order chi connectivity index (χ1) is 19.2. The summed E-state index contributed by atoms with van der Waals surface area (Å²) in [6.45, 7) is 0. The van der Waals surface area contributed by atoms with Crippen LogP contribution in [0.3, 0.4) is 0 Å². The molecule has 2 atom stereocenters. The second-order valence-corrected chi connectivity index (χ2v) is 11.1. The van der Waals surface area contributed by atoms with Gasteiger partial charge in [0.2, 0.25) is 0 Å². The molecule has 7 heteroatoms. The molecular weight excluding hydrogens is 504 g/mol. The third-order valence-corrected chi connectivity index (χ3v) is 9.13. The molecule has 3 aliphatic carbocycles. The molecule has 0 saturated carbocycles. The minimum absolute atomic E-state index is 0.147. The van der Waals surface area contributed by atoms with Gasteiger partial charge in [0.1, 0.15) is 5.69 Å². The summed E-state index contributed by atoms with van der Waals surface area (Å²) in [5, 5.41) is 12.5. The van der Waals surface area contributed by atoms with Crippen molar-refractivity contribution < 1.29 is 9.59 Å². The molecule has 2 amide bonds. The summed E-state index contributed by atoms with van der Waals surface area (Å²) in [5.74, 6) is -1.65. The van der Waals surface area contributed by atoms with Crippen molar-refractivity contribution in [3.05, 3.63) is 130 Å². The van der Waals surface area contributed by atoms with Crippen LogP contribution >= 0.6 is 11.3 Å². The number of para-hydroxylation sites is 1. The number of aromatic nitrogens is 2. The Kier molecular flexibility index (Phi) is 4.84. The molecule has 2 bridgehead atoms. The van der Waals surface area contributed by atoms with Crippen LogP contribution in [0.15, 0.2) is 108 Å². The fraction of sp³-hybridized carbons (Fsp3) is 0.125. The number of amides is 2. The molecule has 4 aliphatic rings. The van der Waals surface area contributed by atoms with Gasteiger partial charge in [0, 0.05) is 23.6 Å². The van der Waals surface area contributed by atoms with Crippen molar-refractivity contribution in [1.82, 2.24) is 14.8 Å². The Morgan fingerprint density at radius 2 is 1.28 bits per heavy atom. The number of carbonyl (C=O) groups excluding carboxylic acids is 2. The van der Waals surface area contributed by atoms with E-state index >= 15 is 0 Å². The van der Waals surface area contributed by atoms with Gasteiger partial charge in [0.15, 0.2) is 0 Å². The highest BCUT2D eigenvalue weighted by Crippen LogP contribution is 2.60. The molecule has 3 aromatic carbocycles. The molecular formula is C32H22N4O2S. The third kappa shape index (κ3) is 3.20. The van der Waals surface area contributed by atoms with Crippen molar-refractivity contribution in [3.8, 4) is 16.3 Å². The zero-order valence-electron chi connectivity index (χ0n) is 20.7. The van der Waals surface area contributed by atoms with E-state index in [1.54, 1.807) is 22.2 Å². The smallest absolute Gasteiger partial charge is 0.254 e. The molecule has 5 aromatic rings. The molecule has 2 aromatic heterocycles. The molecule has 9 rings (SSSR count). The number of carbonyl (C=O) groups is 2. The van der Waals surface area contributed by atoms with Crippen LogP contribution in [0.2, 0.25) is 0 Å². The Morgan fingerprint density at radius 3 is 1.82 bits per heavy atom. The van der Waals surface area contributed by atoms with E-state index < -0.39 is 11.8 Å². The molecule has 188 valence electrons. The van der Waals surface area contributed by atoms with Crippen molar-refractivity contribution in [2.75, 3.05) is 0 Å². The van der Waals surface area contributed by atoms with E-state index in [1.165, 1.54) is 0 Å². The maximum atomic E-state index is 13.9. The van der Waals surface area contributed by atoms with Crippen molar-refractivity contribution in [2.45, 2.75) is 11.8 Å². The fourth-order valence-electron chi connectivity index (χ4n) is 6.69. The Hall–Kier alpha value is -4.62. The number of imide groups is 1. The maximum absolute atomic E-state index is 13.9. The number of rotatable bonds is 4. The summed E-state index contributed by atoms with van der Waals surface area (Å²) >= 11 is 1.58. The standard InChI is InChI=1S/C32H22N4O2S/c37-31-28-26-21-11-4-5-12-22(21)27(24-14-7-6-13-23(24)26)29(28)32(38)36(31)33-17-19-18-35(20-9-2-1-3-10-20)34-30(19)25-15-8-16-39-25/h1-18,26-29H/b33-17-/t26?,27?,28-,29-/m0/s1. The summed E-state index contributed by atoms with van der Waals surface area (Å²) in [4.78, 5) is 28.8. The van der Waals surface area contributed by atoms with Gasteiger partial charge >= 0.3 is 0 Å². The Bertz CT molecular complexity index is 1670. The summed E-state index contributed by atoms with van der Waals surface area (Å²) in [6.07, 6.45) is 3.50. The predicted octanol–water partition coefficient (Wildman–Crippen LogP) is 5.83. The number of hydrazone groups is 1. The second-order valence-electron chi connectivity index (χ2n) is 10.2. The van der Waals surface area contributed by atoms with Crippen LogP contribution in [0.25, 0.3) is 16.3 Å². The first-order valence-corrected chi connectivity index (χ1v) is 13.9. The molecule has 1 fully saturated rings. The van der Waals surface area contributed by atoms with Crippen molar-refractivity contribution in [2.24, 2.45) is 16.9 Å².